The number of nitrogens with one attached hydrogen (secondary N) is 1. The quantitative estimate of drug-likeness (QED) is 0.0361. The van der Waals surface area contributed by atoms with Gasteiger partial charge in [0.05, 0.1) is 56.6 Å². The van der Waals surface area contributed by atoms with Crippen LogP contribution in [0.3, 0.4) is 0 Å². The Morgan fingerprint density at radius 3 is 1.80 bits per heavy atom. The van der Waals surface area contributed by atoms with E-state index in [9.17, 15) is 53.7 Å². The lowest BCUT2D eigenvalue weighted by molar-refractivity contribution is -0.159. The lowest BCUT2D eigenvalue weighted by atomic mass is 10.1. The first kappa shape index (κ1) is 43.5. The number of carbonyl (C=O) groups excluding carboxylic acids is 2. The normalized spacial score (nSPS) is 13.2. The van der Waals surface area contributed by atoms with Gasteiger partial charge in [0, 0.05) is 13.1 Å². The number of nitrogens with zero attached hydrogens (tertiary/aromatic N) is 5. The number of aliphatic carboxylic acids is 4. The largest absolute Gasteiger partial charge is 0.480 e. The molecule has 0 amide bonds. The number of rotatable bonds is 22. The standard InChI is InChI=1S/C32H40N6O17/c1-15-5-18-19(6-16(15)2)38(30-28(33-18)31(52)35-32(53)34-30)9-20(39)29(51)21(40)14-54-26(49)3-4-27(50)55-17(7-36(10-22(41)42)11-23(43)44)8-37(12-24(45)46)13-25(47)48/h5-6,17,20-21,29,39-40,51H,3-4,7-14H2,1-2H3,(H,41,42)(H,43,44)(H,45,46)(H,47,48)(H,35,52,53). The predicted octanol–water partition coefficient (Wildman–Crippen LogP) is -3.54. The highest BCUT2D eigenvalue weighted by atomic mass is 16.6. The number of benzene rings is 1. The van der Waals surface area contributed by atoms with Crippen molar-refractivity contribution in [2.75, 3.05) is 45.9 Å². The number of aliphatic hydroxyl groups is 3. The molecule has 23 nitrogen and oxygen atoms in total. The van der Waals surface area contributed by atoms with Crippen LogP contribution >= 0.6 is 0 Å². The highest BCUT2D eigenvalue weighted by molar-refractivity contribution is 5.81. The third-order valence-electron chi connectivity index (χ3n) is 7.99. The summed E-state index contributed by atoms with van der Waals surface area (Å²) in [6.07, 6.45) is -8.49. The maximum Gasteiger partial charge on any atom is 0.349 e. The van der Waals surface area contributed by atoms with E-state index in [0.29, 0.717) is 11.0 Å². The Morgan fingerprint density at radius 2 is 1.27 bits per heavy atom. The van der Waals surface area contributed by atoms with Crippen molar-refractivity contribution in [1.29, 1.82) is 0 Å². The zero-order chi connectivity index (χ0) is 41.1. The van der Waals surface area contributed by atoms with Gasteiger partial charge in [0.25, 0.3) is 5.56 Å². The Kier molecular flexibility index (Phi) is 15.4. The summed E-state index contributed by atoms with van der Waals surface area (Å²) < 4.78 is 11.5. The van der Waals surface area contributed by atoms with Crippen LogP contribution in [-0.2, 0) is 44.8 Å². The molecule has 0 aromatic heterocycles. The molecule has 2 heterocycles. The first-order chi connectivity index (χ1) is 25.7. The number of hydrogen-bond donors (Lipinski definition) is 8. The van der Waals surface area contributed by atoms with E-state index in [0.717, 1.165) is 20.9 Å². The van der Waals surface area contributed by atoms with E-state index in [1.165, 1.54) is 4.57 Å². The molecular formula is C32H40N6O17. The third-order valence-corrected chi connectivity index (χ3v) is 7.99. The number of carboxylic acids is 4. The SMILES string of the molecule is Cc1cc2nc3c(=O)[nH]c(=O)nc-3n(CC(O)C(O)C(O)COC(=O)CCC(=O)OC(CN(CC(=O)O)CC(=O)O)CN(CC(=O)O)CC(=O)O)c2cc1C. The minimum atomic E-state index is -1.97. The van der Waals surface area contributed by atoms with E-state index in [1.54, 1.807) is 26.0 Å². The Hall–Kier alpha value is -5.88. The summed E-state index contributed by atoms with van der Waals surface area (Å²) in [5.41, 5.74) is 0.175. The van der Waals surface area contributed by atoms with Crippen molar-refractivity contribution >= 4 is 46.8 Å². The molecule has 0 fully saturated rings. The molecule has 0 bridgehead atoms. The zero-order valence-corrected chi connectivity index (χ0v) is 29.5. The molecule has 0 spiro atoms. The number of fused-ring (bicyclic) bond motifs is 2. The Morgan fingerprint density at radius 1 is 0.764 bits per heavy atom. The second kappa shape index (κ2) is 19.4. The number of aromatic amines is 1. The number of carbonyl (C=O) groups is 6. The molecule has 55 heavy (non-hydrogen) atoms. The molecule has 1 aromatic rings. The summed E-state index contributed by atoms with van der Waals surface area (Å²) in [7, 11) is 0. The van der Waals surface area contributed by atoms with Crippen LogP contribution in [0.15, 0.2) is 21.7 Å². The van der Waals surface area contributed by atoms with Crippen molar-refractivity contribution in [3.05, 3.63) is 44.1 Å². The van der Waals surface area contributed by atoms with Crippen LogP contribution in [0, 0.1) is 13.8 Å². The lowest BCUT2D eigenvalue weighted by Crippen LogP contribution is -2.47. The Bertz CT molecular complexity index is 1930. The van der Waals surface area contributed by atoms with Crippen LogP contribution in [0.25, 0.3) is 22.6 Å². The number of aliphatic hydroxyl groups excluding tert-OH is 3. The number of ether oxygens (including phenoxy) is 2. The van der Waals surface area contributed by atoms with Crippen molar-refractivity contribution in [3.63, 3.8) is 0 Å². The van der Waals surface area contributed by atoms with E-state index in [-0.39, 0.29) is 11.5 Å². The van der Waals surface area contributed by atoms with Gasteiger partial charge in [0.15, 0.2) is 11.5 Å². The summed E-state index contributed by atoms with van der Waals surface area (Å²) >= 11 is 0. The van der Waals surface area contributed by atoms with Crippen molar-refractivity contribution < 1.29 is 74.0 Å². The molecule has 1 aromatic carbocycles. The molecule has 0 saturated heterocycles. The maximum absolute atomic E-state index is 12.7. The molecule has 0 aliphatic carbocycles. The van der Waals surface area contributed by atoms with Gasteiger partial charge < -0.3 is 49.8 Å². The smallest absolute Gasteiger partial charge is 0.349 e. The van der Waals surface area contributed by atoms with Gasteiger partial charge in [0.2, 0.25) is 0 Å². The Balaban J connectivity index is 1.65. The second-order valence-corrected chi connectivity index (χ2v) is 12.5. The average Bonchev–Trinajstić information content (AvgIpc) is 3.05. The molecule has 23 heteroatoms. The van der Waals surface area contributed by atoms with Gasteiger partial charge in [-0.25, -0.2) is 9.78 Å². The minimum absolute atomic E-state index is 0.209. The van der Waals surface area contributed by atoms with Crippen LogP contribution in [0.4, 0.5) is 0 Å². The van der Waals surface area contributed by atoms with Crippen LogP contribution in [0.5, 0.6) is 0 Å². The molecule has 0 radical (unpaired) electrons. The number of aryl methyl sites for hydroxylation is 2. The number of carboxylic acid groups (broad SMARTS) is 4. The van der Waals surface area contributed by atoms with E-state index in [2.05, 4.69) is 9.97 Å². The van der Waals surface area contributed by atoms with Gasteiger partial charge >= 0.3 is 41.5 Å². The third kappa shape index (κ3) is 13.2. The van der Waals surface area contributed by atoms with Gasteiger partial charge in [0.1, 0.15) is 31.0 Å². The minimum Gasteiger partial charge on any atom is -0.480 e. The van der Waals surface area contributed by atoms with Crippen molar-refractivity contribution in [1.82, 2.24) is 29.3 Å². The van der Waals surface area contributed by atoms with E-state index in [4.69, 9.17) is 29.9 Å². The molecule has 3 unspecified atom stereocenters. The molecular weight excluding hydrogens is 740 g/mol. The first-order valence-corrected chi connectivity index (χ1v) is 16.4. The van der Waals surface area contributed by atoms with Gasteiger partial charge in [-0.2, -0.15) is 4.98 Å². The molecule has 2 aliphatic rings. The van der Waals surface area contributed by atoms with Crippen molar-refractivity contribution in [3.8, 4) is 11.5 Å². The van der Waals surface area contributed by atoms with Crippen LogP contribution in [0.2, 0.25) is 0 Å². The van der Waals surface area contributed by atoms with E-state index < -0.39 is 137 Å². The lowest BCUT2D eigenvalue weighted by Gasteiger charge is -2.29. The fourth-order valence-corrected chi connectivity index (χ4v) is 5.43. The van der Waals surface area contributed by atoms with E-state index >= 15 is 0 Å². The first-order valence-electron chi connectivity index (χ1n) is 16.4. The van der Waals surface area contributed by atoms with Gasteiger partial charge in [-0.05, 0) is 37.1 Å². The van der Waals surface area contributed by atoms with Crippen LogP contribution in [-0.4, -0.2) is 171 Å². The molecule has 3 rings (SSSR count). The monoisotopic (exact) mass is 780 g/mol. The van der Waals surface area contributed by atoms with Gasteiger partial charge in [-0.1, -0.05) is 0 Å². The fourth-order valence-electron chi connectivity index (χ4n) is 5.43. The number of hydrogen-bond acceptors (Lipinski definition) is 17. The number of H-pyrrole nitrogens is 1. The Labute approximate surface area is 309 Å². The van der Waals surface area contributed by atoms with Gasteiger partial charge in [-0.3, -0.25) is 48.3 Å². The number of esters is 2. The summed E-state index contributed by atoms with van der Waals surface area (Å²) in [6, 6.07) is 3.33. The summed E-state index contributed by atoms with van der Waals surface area (Å²) in [4.78, 5) is 107. The average molecular weight is 781 g/mol. The molecule has 0 saturated carbocycles. The van der Waals surface area contributed by atoms with Gasteiger partial charge in [-0.15, -0.1) is 0 Å². The topological polar surface area (TPSA) is 350 Å². The zero-order valence-electron chi connectivity index (χ0n) is 29.5. The summed E-state index contributed by atoms with van der Waals surface area (Å²) in [5, 5.41) is 68.7. The fraction of sp³-hybridized carbons (Fsp3) is 0.500. The summed E-state index contributed by atoms with van der Waals surface area (Å²) in [6.45, 7) is -2.30. The molecule has 300 valence electrons. The van der Waals surface area contributed by atoms with Crippen LogP contribution < -0.4 is 11.2 Å². The summed E-state index contributed by atoms with van der Waals surface area (Å²) in [5.74, 6) is -8.22. The highest BCUT2D eigenvalue weighted by Gasteiger charge is 2.30. The molecule has 3 atom stereocenters. The highest BCUT2D eigenvalue weighted by Crippen LogP contribution is 2.24. The van der Waals surface area contributed by atoms with Crippen molar-refractivity contribution in [2.24, 2.45) is 0 Å². The predicted molar refractivity (Wildman–Crippen MR) is 182 cm³/mol. The van der Waals surface area contributed by atoms with Crippen LogP contribution in [0.1, 0.15) is 24.0 Å². The molecule has 8 N–H and O–H groups in total. The number of aromatic nitrogens is 4. The molecule has 2 aliphatic heterocycles. The maximum atomic E-state index is 12.7. The second-order valence-electron chi connectivity index (χ2n) is 12.5. The van der Waals surface area contributed by atoms with Crippen molar-refractivity contribution in [2.45, 2.75) is 57.6 Å². The van der Waals surface area contributed by atoms with E-state index in [1.807, 2.05) is 4.98 Å².